The first-order chi connectivity index (χ1) is 10.00. The smallest absolute Gasteiger partial charge is 0.307 e. The van der Waals surface area contributed by atoms with Crippen LogP contribution in [0.15, 0.2) is 23.1 Å². The molecule has 0 amide bonds. The molecule has 21 heavy (non-hydrogen) atoms. The van der Waals surface area contributed by atoms with Gasteiger partial charge in [-0.2, -0.15) is 13.1 Å². The summed E-state index contributed by atoms with van der Waals surface area (Å²) in [7, 11) is -3.75. The summed E-state index contributed by atoms with van der Waals surface area (Å²) in [6, 6.07) is 4.81. The minimum Gasteiger partial charge on any atom is -0.481 e. The molecule has 1 saturated heterocycles. The molecule has 0 unspecified atom stereocenters. The van der Waals surface area contributed by atoms with Gasteiger partial charge in [0.05, 0.1) is 17.6 Å². The quantitative estimate of drug-likeness (QED) is 0.908. The molecule has 1 aliphatic rings. The fourth-order valence-electron chi connectivity index (χ4n) is 2.49. The van der Waals surface area contributed by atoms with Gasteiger partial charge >= 0.3 is 5.97 Å². The van der Waals surface area contributed by atoms with Crippen LogP contribution in [0, 0.1) is 5.92 Å². The van der Waals surface area contributed by atoms with E-state index in [9.17, 15) is 13.2 Å². The molecule has 3 rings (SSSR count). The van der Waals surface area contributed by atoms with Crippen molar-refractivity contribution in [3.8, 4) is 0 Å². The van der Waals surface area contributed by atoms with Crippen molar-refractivity contribution < 1.29 is 18.3 Å². The highest BCUT2D eigenvalue weighted by molar-refractivity contribution is 7.89. The van der Waals surface area contributed by atoms with E-state index in [1.165, 1.54) is 10.4 Å². The third kappa shape index (κ3) is 2.52. The van der Waals surface area contributed by atoms with E-state index in [2.05, 4.69) is 8.75 Å². The van der Waals surface area contributed by atoms with Crippen LogP contribution in [0.4, 0.5) is 0 Å². The Morgan fingerprint density at radius 1 is 1.38 bits per heavy atom. The van der Waals surface area contributed by atoms with Gasteiger partial charge in [0.2, 0.25) is 10.0 Å². The summed E-state index contributed by atoms with van der Waals surface area (Å²) < 4.78 is 34.8. The molecule has 1 aromatic carbocycles. The number of hydrogen-bond donors (Lipinski definition) is 1. The monoisotopic (exact) mass is 327 g/mol. The van der Waals surface area contributed by atoms with Gasteiger partial charge in [-0.05, 0) is 25.0 Å². The topological polar surface area (TPSA) is 100 Å². The minimum absolute atomic E-state index is 0.00558. The highest BCUT2D eigenvalue weighted by Gasteiger charge is 2.34. The van der Waals surface area contributed by atoms with Crippen molar-refractivity contribution in [2.75, 3.05) is 13.1 Å². The number of aliphatic carboxylic acids is 1. The summed E-state index contributed by atoms with van der Waals surface area (Å²) in [5.41, 5.74) is 0.882. The molecule has 0 radical (unpaired) electrons. The maximum Gasteiger partial charge on any atom is 0.307 e. The van der Waals surface area contributed by atoms with E-state index in [1.54, 1.807) is 12.1 Å². The lowest BCUT2D eigenvalue weighted by atomic mass is 10.0. The Kier molecular flexibility index (Phi) is 3.64. The van der Waals surface area contributed by atoms with Gasteiger partial charge in [-0.3, -0.25) is 4.79 Å². The molecule has 1 fully saturated rings. The number of benzene rings is 1. The molecule has 112 valence electrons. The molecule has 2 heterocycles. The Balaban J connectivity index is 2.00. The van der Waals surface area contributed by atoms with E-state index in [0.29, 0.717) is 30.4 Å². The summed E-state index contributed by atoms with van der Waals surface area (Å²) in [6.45, 7) is 0.339. The fraction of sp³-hybridized carbons (Fsp3) is 0.417. The average Bonchev–Trinajstić information content (AvgIpc) is 2.95. The molecule has 7 nitrogen and oxygen atoms in total. The molecule has 0 bridgehead atoms. The number of hydrogen-bond acceptors (Lipinski definition) is 6. The summed E-state index contributed by atoms with van der Waals surface area (Å²) in [4.78, 5) is 11.2. The Hall–Kier alpha value is -1.58. The second kappa shape index (κ2) is 5.32. The van der Waals surface area contributed by atoms with E-state index in [-0.39, 0.29) is 11.4 Å². The van der Waals surface area contributed by atoms with Gasteiger partial charge in [-0.1, -0.05) is 6.07 Å². The van der Waals surface area contributed by atoms with E-state index < -0.39 is 21.9 Å². The lowest BCUT2D eigenvalue weighted by Crippen LogP contribution is -2.42. The number of carboxylic acid groups (broad SMARTS) is 1. The van der Waals surface area contributed by atoms with Gasteiger partial charge in [-0.25, -0.2) is 8.42 Å². The standard InChI is InChI=1S/C12H13N3O4S2/c16-12(17)8-3-2-6-15(7-8)21(18,19)10-5-1-4-9-11(10)14-20-13-9/h1,4-5,8H,2-3,6-7H2,(H,16,17)/t8-/m0/s1. The number of piperidine rings is 1. The van der Waals surface area contributed by atoms with Crippen LogP contribution < -0.4 is 0 Å². The lowest BCUT2D eigenvalue weighted by molar-refractivity contribution is -0.142. The molecule has 9 heteroatoms. The zero-order valence-electron chi connectivity index (χ0n) is 11.0. The summed E-state index contributed by atoms with van der Waals surface area (Å²) in [5.74, 6) is -1.61. The molecule has 1 atom stereocenters. The first-order valence-electron chi connectivity index (χ1n) is 6.44. The number of carboxylic acids is 1. The number of rotatable bonds is 3. The van der Waals surface area contributed by atoms with Crippen molar-refractivity contribution in [2.24, 2.45) is 5.92 Å². The van der Waals surface area contributed by atoms with Gasteiger partial charge in [-0.15, -0.1) is 0 Å². The van der Waals surface area contributed by atoms with Crippen molar-refractivity contribution >= 4 is 38.8 Å². The number of fused-ring (bicyclic) bond motifs is 1. The largest absolute Gasteiger partial charge is 0.481 e. The van der Waals surface area contributed by atoms with Gasteiger partial charge in [0, 0.05) is 13.1 Å². The second-order valence-electron chi connectivity index (χ2n) is 4.93. The van der Waals surface area contributed by atoms with Gasteiger partial charge in [0.15, 0.2) is 0 Å². The molecule has 1 aromatic heterocycles. The van der Waals surface area contributed by atoms with Crippen LogP contribution in [0.25, 0.3) is 11.0 Å². The normalized spacial score (nSPS) is 20.7. The van der Waals surface area contributed by atoms with Gasteiger partial charge < -0.3 is 5.11 Å². The lowest BCUT2D eigenvalue weighted by Gasteiger charge is -2.29. The van der Waals surface area contributed by atoms with Crippen molar-refractivity contribution in [1.29, 1.82) is 0 Å². The summed E-state index contributed by atoms with van der Waals surface area (Å²) in [6.07, 6.45) is 1.05. The molecule has 0 saturated carbocycles. The first kappa shape index (κ1) is 14.4. The SMILES string of the molecule is O=C(O)[C@H]1CCCN(S(=O)(=O)c2cccc3nsnc23)C1. The molecule has 1 N–H and O–H groups in total. The summed E-state index contributed by atoms with van der Waals surface area (Å²) in [5, 5.41) is 9.09. The van der Waals surface area contributed by atoms with Gasteiger partial charge in [0.25, 0.3) is 0 Å². The number of nitrogens with zero attached hydrogens (tertiary/aromatic N) is 3. The van der Waals surface area contributed by atoms with Crippen LogP contribution in [0.5, 0.6) is 0 Å². The zero-order chi connectivity index (χ0) is 15.0. The van der Waals surface area contributed by atoms with Gasteiger partial charge in [0.1, 0.15) is 15.9 Å². The average molecular weight is 327 g/mol. The molecular weight excluding hydrogens is 314 g/mol. The summed E-state index contributed by atoms with van der Waals surface area (Å²) >= 11 is 0.958. The van der Waals surface area contributed by atoms with Crippen LogP contribution in [0.3, 0.4) is 0 Å². The van der Waals surface area contributed by atoms with Crippen molar-refractivity contribution in [3.63, 3.8) is 0 Å². The van der Waals surface area contributed by atoms with Crippen LogP contribution in [-0.4, -0.2) is 45.6 Å². The number of aromatic nitrogens is 2. The van der Waals surface area contributed by atoms with Crippen molar-refractivity contribution in [3.05, 3.63) is 18.2 Å². The van der Waals surface area contributed by atoms with Crippen LogP contribution in [-0.2, 0) is 14.8 Å². The number of carbonyl (C=O) groups is 1. The third-order valence-corrected chi connectivity index (χ3v) is 6.04. The predicted molar refractivity (Wildman–Crippen MR) is 76.5 cm³/mol. The molecule has 0 spiro atoms. The molecule has 2 aromatic rings. The van der Waals surface area contributed by atoms with E-state index in [4.69, 9.17) is 5.11 Å². The maximum absolute atomic E-state index is 12.7. The van der Waals surface area contributed by atoms with Crippen LogP contribution in [0.1, 0.15) is 12.8 Å². The molecule has 1 aliphatic heterocycles. The van der Waals surface area contributed by atoms with Crippen LogP contribution >= 0.6 is 11.7 Å². The number of sulfonamides is 1. The predicted octanol–water partition coefficient (Wildman–Crippen LogP) is 1.18. The highest BCUT2D eigenvalue weighted by Crippen LogP contribution is 2.28. The van der Waals surface area contributed by atoms with Crippen LogP contribution in [0.2, 0.25) is 0 Å². The molecule has 0 aliphatic carbocycles. The highest BCUT2D eigenvalue weighted by atomic mass is 32.2. The Labute approximate surface area is 125 Å². The minimum atomic E-state index is -3.75. The Morgan fingerprint density at radius 3 is 2.95 bits per heavy atom. The van der Waals surface area contributed by atoms with E-state index in [1.807, 2.05) is 0 Å². The van der Waals surface area contributed by atoms with E-state index >= 15 is 0 Å². The third-order valence-electron chi connectivity index (χ3n) is 3.60. The van der Waals surface area contributed by atoms with Crippen molar-refractivity contribution in [2.45, 2.75) is 17.7 Å². The van der Waals surface area contributed by atoms with Crippen molar-refractivity contribution in [1.82, 2.24) is 13.1 Å². The first-order valence-corrected chi connectivity index (χ1v) is 8.61. The second-order valence-corrected chi connectivity index (χ2v) is 7.36. The fourth-order valence-corrected chi connectivity index (χ4v) is 4.77. The Morgan fingerprint density at radius 2 is 2.19 bits per heavy atom. The molecular formula is C12H13N3O4S2. The zero-order valence-corrected chi connectivity index (χ0v) is 12.6. The maximum atomic E-state index is 12.7. The van der Waals surface area contributed by atoms with E-state index in [0.717, 1.165) is 11.7 Å². The Bertz CT molecular complexity index is 787.